The minimum Gasteiger partial charge on any atom is -0.343 e. The SMILES string of the molecule is CC1(c2cccc([N+](=O)[O-])c2)CC(=O)N[C@@H](c2ccccc2)O1. The lowest BCUT2D eigenvalue weighted by molar-refractivity contribution is -0.385. The number of ether oxygens (including phenoxy) is 1. The van der Waals surface area contributed by atoms with E-state index in [-0.39, 0.29) is 18.0 Å². The molecule has 1 saturated heterocycles. The van der Waals surface area contributed by atoms with Gasteiger partial charge in [-0.05, 0) is 12.5 Å². The molecular formula is C17H16N2O4. The molecule has 3 rings (SSSR count). The summed E-state index contributed by atoms with van der Waals surface area (Å²) in [7, 11) is 0. The van der Waals surface area contributed by atoms with Crippen LogP contribution in [0, 0.1) is 10.1 Å². The number of rotatable bonds is 3. The summed E-state index contributed by atoms with van der Waals surface area (Å²) in [6.45, 7) is 1.78. The number of nitrogens with zero attached hydrogens (tertiary/aromatic N) is 1. The van der Waals surface area contributed by atoms with E-state index in [4.69, 9.17) is 4.74 Å². The third-order valence-corrected chi connectivity index (χ3v) is 3.94. The number of hydrogen-bond donors (Lipinski definition) is 1. The predicted molar refractivity (Wildman–Crippen MR) is 83.5 cm³/mol. The second-order valence-corrected chi connectivity index (χ2v) is 5.69. The van der Waals surface area contributed by atoms with Gasteiger partial charge in [-0.3, -0.25) is 14.9 Å². The number of carbonyl (C=O) groups is 1. The number of amides is 1. The molecule has 0 spiro atoms. The third kappa shape index (κ3) is 3.07. The molecule has 1 amide bonds. The smallest absolute Gasteiger partial charge is 0.269 e. The van der Waals surface area contributed by atoms with Crippen LogP contribution in [0.25, 0.3) is 0 Å². The highest BCUT2D eigenvalue weighted by Crippen LogP contribution is 2.38. The molecule has 23 heavy (non-hydrogen) atoms. The Morgan fingerprint density at radius 1 is 1.22 bits per heavy atom. The molecule has 6 nitrogen and oxygen atoms in total. The largest absolute Gasteiger partial charge is 0.343 e. The van der Waals surface area contributed by atoms with Crippen molar-refractivity contribution >= 4 is 11.6 Å². The fraction of sp³-hybridized carbons (Fsp3) is 0.235. The Bertz CT molecular complexity index is 747. The number of nitro benzene ring substituents is 1. The fourth-order valence-electron chi connectivity index (χ4n) is 2.73. The Morgan fingerprint density at radius 2 is 1.96 bits per heavy atom. The van der Waals surface area contributed by atoms with Crippen molar-refractivity contribution in [3.8, 4) is 0 Å². The molecule has 2 atom stereocenters. The second kappa shape index (κ2) is 5.81. The first-order valence-corrected chi connectivity index (χ1v) is 7.25. The molecule has 1 fully saturated rings. The van der Waals surface area contributed by atoms with Gasteiger partial charge in [0.2, 0.25) is 5.91 Å². The molecule has 2 aromatic rings. The molecule has 1 unspecified atom stereocenters. The van der Waals surface area contributed by atoms with Crippen LogP contribution in [0.2, 0.25) is 0 Å². The van der Waals surface area contributed by atoms with Crippen LogP contribution in [-0.2, 0) is 15.1 Å². The topological polar surface area (TPSA) is 81.5 Å². The highest BCUT2D eigenvalue weighted by Gasteiger charge is 2.39. The number of nitro groups is 1. The van der Waals surface area contributed by atoms with Gasteiger partial charge in [0.15, 0.2) is 6.23 Å². The van der Waals surface area contributed by atoms with Crippen molar-refractivity contribution in [2.45, 2.75) is 25.2 Å². The summed E-state index contributed by atoms with van der Waals surface area (Å²) in [5.41, 5.74) is 0.503. The second-order valence-electron chi connectivity index (χ2n) is 5.69. The Balaban J connectivity index is 1.95. The maximum atomic E-state index is 12.1. The van der Waals surface area contributed by atoms with E-state index in [0.29, 0.717) is 5.56 Å². The monoisotopic (exact) mass is 312 g/mol. The van der Waals surface area contributed by atoms with Gasteiger partial charge in [0.1, 0.15) is 5.60 Å². The highest BCUT2D eigenvalue weighted by molar-refractivity contribution is 5.78. The Hall–Kier alpha value is -2.73. The zero-order valence-electron chi connectivity index (χ0n) is 12.6. The van der Waals surface area contributed by atoms with Crippen molar-refractivity contribution < 1.29 is 14.5 Å². The van der Waals surface area contributed by atoms with E-state index >= 15 is 0 Å². The molecule has 2 aromatic carbocycles. The summed E-state index contributed by atoms with van der Waals surface area (Å²) in [6.07, 6.45) is -0.473. The summed E-state index contributed by atoms with van der Waals surface area (Å²) in [5.74, 6) is -0.154. The molecule has 0 radical (unpaired) electrons. The van der Waals surface area contributed by atoms with Crippen LogP contribution in [0.3, 0.4) is 0 Å². The van der Waals surface area contributed by atoms with Crippen molar-refractivity contribution in [1.82, 2.24) is 5.32 Å². The lowest BCUT2D eigenvalue weighted by Gasteiger charge is -2.39. The predicted octanol–water partition coefficient (Wildman–Crippen LogP) is 3.05. The van der Waals surface area contributed by atoms with E-state index in [1.54, 1.807) is 19.1 Å². The first-order chi connectivity index (χ1) is 11.0. The van der Waals surface area contributed by atoms with Crippen molar-refractivity contribution in [2.75, 3.05) is 0 Å². The Labute approximate surface area is 133 Å². The van der Waals surface area contributed by atoms with E-state index in [9.17, 15) is 14.9 Å². The summed E-state index contributed by atoms with van der Waals surface area (Å²) in [5, 5.41) is 13.8. The van der Waals surface area contributed by atoms with Gasteiger partial charge in [-0.15, -0.1) is 0 Å². The normalized spacial score (nSPS) is 24.0. The van der Waals surface area contributed by atoms with Gasteiger partial charge in [0, 0.05) is 17.7 Å². The lowest BCUT2D eigenvalue weighted by atomic mass is 9.89. The summed E-state index contributed by atoms with van der Waals surface area (Å²) in [4.78, 5) is 22.7. The number of hydrogen-bond acceptors (Lipinski definition) is 4. The molecule has 0 aromatic heterocycles. The van der Waals surface area contributed by atoms with Gasteiger partial charge in [-0.2, -0.15) is 0 Å². The Morgan fingerprint density at radius 3 is 2.65 bits per heavy atom. The number of non-ortho nitro benzene ring substituents is 1. The third-order valence-electron chi connectivity index (χ3n) is 3.94. The summed E-state index contributed by atoms with van der Waals surface area (Å²) in [6, 6.07) is 15.6. The first kappa shape index (κ1) is 15.2. The van der Waals surface area contributed by atoms with E-state index in [1.165, 1.54) is 12.1 Å². The van der Waals surface area contributed by atoms with Gasteiger partial charge in [0.25, 0.3) is 5.69 Å². The van der Waals surface area contributed by atoms with E-state index < -0.39 is 16.8 Å². The fourth-order valence-corrected chi connectivity index (χ4v) is 2.73. The van der Waals surface area contributed by atoms with Crippen LogP contribution < -0.4 is 5.32 Å². The van der Waals surface area contributed by atoms with Crippen LogP contribution in [0.4, 0.5) is 5.69 Å². The number of carbonyl (C=O) groups excluding carboxylic acids is 1. The minimum absolute atomic E-state index is 0.0189. The first-order valence-electron chi connectivity index (χ1n) is 7.25. The van der Waals surface area contributed by atoms with Crippen molar-refractivity contribution in [1.29, 1.82) is 0 Å². The van der Waals surface area contributed by atoms with Crippen LogP contribution >= 0.6 is 0 Å². The number of benzene rings is 2. The zero-order chi connectivity index (χ0) is 16.4. The van der Waals surface area contributed by atoms with Gasteiger partial charge < -0.3 is 10.1 Å². The molecule has 0 saturated carbocycles. The van der Waals surface area contributed by atoms with Crippen LogP contribution in [0.15, 0.2) is 54.6 Å². The molecule has 1 aliphatic rings. The molecule has 1 N–H and O–H groups in total. The molecular weight excluding hydrogens is 296 g/mol. The van der Waals surface area contributed by atoms with Crippen LogP contribution in [0.1, 0.15) is 30.7 Å². The van der Waals surface area contributed by atoms with Gasteiger partial charge in [-0.1, -0.05) is 42.5 Å². The molecule has 1 aliphatic heterocycles. The van der Waals surface area contributed by atoms with Gasteiger partial charge >= 0.3 is 0 Å². The molecule has 1 heterocycles. The van der Waals surface area contributed by atoms with E-state index in [0.717, 1.165) is 5.56 Å². The molecule has 0 aliphatic carbocycles. The molecule has 6 heteroatoms. The van der Waals surface area contributed by atoms with E-state index in [2.05, 4.69) is 5.32 Å². The average Bonchev–Trinajstić information content (AvgIpc) is 2.55. The van der Waals surface area contributed by atoms with Gasteiger partial charge in [0.05, 0.1) is 11.3 Å². The zero-order valence-corrected chi connectivity index (χ0v) is 12.6. The van der Waals surface area contributed by atoms with Crippen molar-refractivity contribution in [2.24, 2.45) is 0 Å². The van der Waals surface area contributed by atoms with Crippen LogP contribution in [0.5, 0.6) is 0 Å². The quantitative estimate of drug-likeness (QED) is 0.697. The highest BCUT2D eigenvalue weighted by atomic mass is 16.6. The minimum atomic E-state index is -0.922. The maximum Gasteiger partial charge on any atom is 0.269 e. The lowest BCUT2D eigenvalue weighted by Crippen LogP contribution is -2.46. The van der Waals surface area contributed by atoms with Gasteiger partial charge in [-0.25, -0.2) is 0 Å². The maximum absolute atomic E-state index is 12.1. The average molecular weight is 312 g/mol. The summed E-state index contributed by atoms with van der Waals surface area (Å²) < 4.78 is 6.10. The number of nitrogens with one attached hydrogen (secondary N) is 1. The van der Waals surface area contributed by atoms with Crippen LogP contribution in [-0.4, -0.2) is 10.8 Å². The van der Waals surface area contributed by atoms with E-state index in [1.807, 2.05) is 30.3 Å². The molecule has 118 valence electrons. The standard InChI is InChI=1S/C17H16N2O4/c1-17(13-8-5-9-14(10-13)19(21)22)11-15(20)18-16(23-17)12-6-3-2-4-7-12/h2-10,16H,11H2,1H3,(H,18,20)/t16-,17?/m1/s1. The molecule has 0 bridgehead atoms. The van der Waals surface area contributed by atoms with Crippen molar-refractivity contribution in [3.63, 3.8) is 0 Å². The summed E-state index contributed by atoms with van der Waals surface area (Å²) >= 11 is 0. The van der Waals surface area contributed by atoms with Crippen molar-refractivity contribution in [3.05, 3.63) is 75.8 Å². The Kier molecular flexibility index (Phi) is 3.83.